The Balaban J connectivity index is 1.60. The Hall–Kier alpha value is -3.09. The van der Waals surface area contributed by atoms with Crippen LogP contribution in [0, 0.1) is 5.92 Å². The molecule has 180 valence electrons. The Labute approximate surface area is 214 Å². The van der Waals surface area contributed by atoms with Gasteiger partial charge in [0, 0.05) is 18.3 Å². The molecule has 1 saturated carbocycles. The summed E-state index contributed by atoms with van der Waals surface area (Å²) in [6, 6.07) is 14.0. The lowest BCUT2D eigenvalue weighted by Crippen LogP contribution is -2.18. The van der Waals surface area contributed by atoms with E-state index in [1.165, 1.54) is 37.2 Å². The number of ether oxygens (including phenoxy) is 1. The van der Waals surface area contributed by atoms with Crippen LogP contribution in [0.15, 0.2) is 54.9 Å². The van der Waals surface area contributed by atoms with Crippen LogP contribution in [-0.4, -0.2) is 28.0 Å². The highest BCUT2D eigenvalue weighted by atomic mass is 35.5. The monoisotopic (exact) mass is 508 g/mol. The van der Waals surface area contributed by atoms with Crippen LogP contribution < -0.4 is 10.1 Å². The molecule has 1 aliphatic rings. The van der Waals surface area contributed by atoms with Crippen molar-refractivity contribution >= 4 is 45.8 Å². The number of pyridine rings is 1. The lowest BCUT2D eigenvalue weighted by Gasteiger charge is -2.29. The van der Waals surface area contributed by atoms with E-state index in [2.05, 4.69) is 39.6 Å². The van der Waals surface area contributed by atoms with E-state index in [4.69, 9.17) is 32.9 Å². The number of H-pyrrole nitrogens is 1. The first kappa shape index (κ1) is 23.6. The lowest BCUT2D eigenvalue weighted by molar-refractivity contribution is 0.102. The Bertz CT molecular complexity index is 1330. The molecule has 2 heterocycles. The third-order valence-electron chi connectivity index (χ3n) is 6.76. The third kappa shape index (κ3) is 4.73. The fourth-order valence-corrected chi connectivity index (χ4v) is 5.54. The molecule has 0 aliphatic heterocycles. The highest BCUT2D eigenvalue weighted by Crippen LogP contribution is 2.41. The number of carbonyl (C=O) groups excluding carboxylic acids is 1. The number of hydrogen-bond donors (Lipinski definition) is 2. The second kappa shape index (κ2) is 10.3. The van der Waals surface area contributed by atoms with Gasteiger partial charge in [-0.1, -0.05) is 72.8 Å². The predicted octanol–water partition coefficient (Wildman–Crippen LogP) is 7.24. The standard InChI is InChI=1S/C27H26Cl2N4O2/c1-35-21-13-12-18(27(34)33-24-19(28)14-30-15-20(24)29)23-25(21)32-26(31-23)22(16-8-4-2-5-9-16)17-10-6-3-7-11-17/h2,4-5,8-9,12-15,17,22H,3,6-7,10-11H2,1H3,(H,31,32)(H,30,33,34). The Morgan fingerprint density at radius 3 is 2.46 bits per heavy atom. The molecule has 4 aromatic rings. The van der Waals surface area contributed by atoms with E-state index in [1.807, 2.05) is 6.07 Å². The fourth-order valence-electron chi connectivity index (χ4n) is 5.08. The molecule has 1 aliphatic carbocycles. The largest absolute Gasteiger partial charge is 0.494 e. The number of benzene rings is 2. The van der Waals surface area contributed by atoms with Crippen molar-refractivity contribution in [1.29, 1.82) is 0 Å². The zero-order chi connectivity index (χ0) is 24.4. The van der Waals surface area contributed by atoms with Crippen molar-refractivity contribution < 1.29 is 9.53 Å². The van der Waals surface area contributed by atoms with Crippen LogP contribution in [0.3, 0.4) is 0 Å². The highest BCUT2D eigenvalue weighted by molar-refractivity contribution is 6.39. The topological polar surface area (TPSA) is 79.9 Å². The normalized spacial score (nSPS) is 15.2. The zero-order valence-electron chi connectivity index (χ0n) is 19.4. The highest BCUT2D eigenvalue weighted by Gasteiger charge is 2.30. The van der Waals surface area contributed by atoms with Crippen molar-refractivity contribution in [2.75, 3.05) is 12.4 Å². The molecule has 2 N–H and O–H groups in total. The summed E-state index contributed by atoms with van der Waals surface area (Å²) in [6.07, 6.45) is 8.90. The van der Waals surface area contributed by atoms with E-state index in [0.717, 1.165) is 18.7 Å². The van der Waals surface area contributed by atoms with Gasteiger partial charge >= 0.3 is 0 Å². The predicted molar refractivity (Wildman–Crippen MR) is 140 cm³/mol. The summed E-state index contributed by atoms with van der Waals surface area (Å²) in [5.41, 5.74) is 3.19. The quantitative estimate of drug-likeness (QED) is 0.287. The van der Waals surface area contributed by atoms with Crippen molar-refractivity contribution in [3.63, 3.8) is 0 Å². The van der Waals surface area contributed by atoms with E-state index in [0.29, 0.717) is 34.0 Å². The molecule has 0 bridgehead atoms. The van der Waals surface area contributed by atoms with Gasteiger partial charge in [-0.05, 0) is 36.5 Å². The maximum Gasteiger partial charge on any atom is 0.258 e. The molecule has 0 saturated heterocycles. The molecule has 0 spiro atoms. The Morgan fingerprint density at radius 2 is 1.77 bits per heavy atom. The number of aromatic amines is 1. The van der Waals surface area contributed by atoms with Crippen molar-refractivity contribution in [2.45, 2.75) is 38.0 Å². The number of aromatic nitrogens is 3. The minimum absolute atomic E-state index is 0.105. The van der Waals surface area contributed by atoms with Crippen molar-refractivity contribution in [2.24, 2.45) is 5.92 Å². The van der Waals surface area contributed by atoms with Crippen LogP contribution in [-0.2, 0) is 0 Å². The second-order valence-electron chi connectivity index (χ2n) is 8.88. The number of nitrogens with zero attached hydrogens (tertiary/aromatic N) is 2. The number of methoxy groups -OCH3 is 1. The van der Waals surface area contributed by atoms with Crippen LogP contribution in [0.5, 0.6) is 5.75 Å². The Morgan fingerprint density at radius 1 is 1.06 bits per heavy atom. The Kier molecular flexibility index (Phi) is 6.93. The molecule has 1 atom stereocenters. The number of carbonyl (C=O) groups is 1. The van der Waals surface area contributed by atoms with Gasteiger partial charge in [-0.15, -0.1) is 0 Å². The number of halogens is 2. The van der Waals surface area contributed by atoms with Gasteiger partial charge in [-0.3, -0.25) is 9.78 Å². The van der Waals surface area contributed by atoms with E-state index in [9.17, 15) is 4.79 Å². The molecule has 2 aromatic heterocycles. The van der Waals surface area contributed by atoms with Gasteiger partial charge in [0.05, 0.1) is 28.4 Å². The smallest absolute Gasteiger partial charge is 0.258 e. The summed E-state index contributed by atoms with van der Waals surface area (Å²) in [5.74, 6) is 1.69. The molecule has 6 nitrogen and oxygen atoms in total. The molecule has 5 rings (SSSR count). The summed E-state index contributed by atoms with van der Waals surface area (Å²) in [6.45, 7) is 0. The van der Waals surface area contributed by atoms with Gasteiger partial charge in [0.1, 0.15) is 22.6 Å². The van der Waals surface area contributed by atoms with Crippen molar-refractivity contribution in [1.82, 2.24) is 15.0 Å². The average molecular weight is 509 g/mol. The second-order valence-corrected chi connectivity index (χ2v) is 9.69. The molecule has 1 fully saturated rings. The van der Waals surface area contributed by atoms with E-state index >= 15 is 0 Å². The first-order chi connectivity index (χ1) is 17.1. The van der Waals surface area contributed by atoms with Gasteiger partial charge in [0.15, 0.2) is 0 Å². The summed E-state index contributed by atoms with van der Waals surface area (Å²) >= 11 is 12.4. The molecule has 2 aromatic carbocycles. The van der Waals surface area contributed by atoms with E-state index < -0.39 is 0 Å². The number of nitrogens with one attached hydrogen (secondary N) is 2. The maximum absolute atomic E-state index is 13.3. The number of amides is 1. The van der Waals surface area contributed by atoms with E-state index in [1.54, 1.807) is 19.2 Å². The minimum atomic E-state index is -0.361. The maximum atomic E-state index is 13.3. The first-order valence-corrected chi connectivity index (χ1v) is 12.5. The van der Waals surface area contributed by atoms with Gasteiger partial charge in [0.25, 0.3) is 5.91 Å². The van der Waals surface area contributed by atoms with Crippen LogP contribution >= 0.6 is 23.2 Å². The number of anilines is 1. The molecular formula is C27H26Cl2N4O2. The van der Waals surface area contributed by atoms with Gasteiger partial charge in [-0.2, -0.15) is 0 Å². The SMILES string of the molecule is COc1ccc(C(=O)Nc2c(Cl)cncc2Cl)c2nc(C(c3ccccc3)C3CCCCC3)[nH]c12. The fraction of sp³-hybridized carbons (Fsp3) is 0.296. The number of fused-ring (bicyclic) bond motifs is 1. The van der Waals surface area contributed by atoms with E-state index in [-0.39, 0.29) is 21.9 Å². The van der Waals surface area contributed by atoms with Crippen LogP contribution in [0.4, 0.5) is 5.69 Å². The summed E-state index contributed by atoms with van der Waals surface area (Å²) in [7, 11) is 1.61. The van der Waals surface area contributed by atoms with Gasteiger partial charge < -0.3 is 15.0 Å². The first-order valence-electron chi connectivity index (χ1n) is 11.8. The summed E-state index contributed by atoms with van der Waals surface area (Å²) in [5, 5.41) is 3.35. The number of hydrogen-bond acceptors (Lipinski definition) is 4. The van der Waals surface area contributed by atoms with Crippen LogP contribution in [0.2, 0.25) is 10.0 Å². The molecular weight excluding hydrogens is 483 g/mol. The number of imidazole rings is 1. The minimum Gasteiger partial charge on any atom is -0.494 e. The van der Waals surface area contributed by atoms with Gasteiger partial charge in [-0.25, -0.2) is 4.98 Å². The van der Waals surface area contributed by atoms with Crippen molar-refractivity contribution in [3.8, 4) is 5.75 Å². The average Bonchev–Trinajstić information content (AvgIpc) is 3.32. The lowest BCUT2D eigenvalue weighted by atomic mass is 9.76. The summed E-state index contributed by atoms with van der Waals surface area (Å²) < 4.78 is 5.61. The molecule has 35 heavy (non-hydrogen) atoms. The molecule has 0 radical (unpaired) electrons. The molecule has 1 amide bonds. The van der Waals surface area contributed by atoms with Gasteiger partial charge in [0.2, 0.25) is 0 Å². The third-order valence-corrected chi connectivity index (χ3v) is 7.33. The summed E-state index contributed by atoms with van der Waals surface area (Å²) in [4.78, 5) is 25.8. The van der Waals surface area contributed by atoms with Crippen LogP contribution in [0.1, 0.15) is 59.8 Å². The van der Waals surface area contributed by atoms with Crippen molar-refractivity contribution in [3.05, 3.63) is 81.9 Å². The molecule has 8 heteroatoms. The number of rotatable bonds is 6. The molecule has 1 unspecified atom stereocenters. The van der Waals surface area contributed by atoms with Crippen LogP contribution in [0.25, 0.3) is 11.0 Å². The zero-order valence-corrected chi connectivity index (χ0v) is 20.9.